The van der Waals surface area contributed by atoms with Crippen LogP contribution in [0, 0.1) is 5.41 Å². The number of esters is 1. The Bertz CT molecular complexity index is 719. The maximum Gasteiger partial charge on any atom is 0.310 e. The fraction of sp³-hybridized carbons (Fsp3) is 0.200. The van der Waals surface area contributed by atoms with Crippen LogP contribution in [0.4, 0.5) is 0 Å². The van der Waals surface area contributed by atoms with E-state index in [2.05, 4.69) is 4.74 Å². The van der Waals surface area contributed by atoms with Crippen molar-refractivity contribution in [2.75, 3.05) is 14.2 Å². The van der Waals surface area contributed by atoms with Crippen molar-refractivity contribution < 1.29 is 28.9 Å². The van der Waals surface area contributed by atoms with Crippen LogP contribution in [-0.2, 0) is 20.7 Å². The highest BCUT2D eigenvalue weighted by Crippen LogP contribution is 2.37. The van der Waals surface area contributed by atoms with Crippen molar-refractivity contribution in [3.8, 4) is 22.8 Å². The Labute approximate surface area is 126 Å². The molecule has 0 aliphatic carbocycles. The van der Waals surface area contributed by atoms with E-state index in [1.54, 1.807) is 0 Å². The van der Waals surface area contributed by atoms with E-state index >= 15 is 0 Å². The first kappa shape index (κ1) is 15.4. The van der Waals surface area contributed by atoms with Gasteiger partial charge in [0, 0.05) is 6.07 Å². The van der Waals surface area contributed by atoms with Gasteiger partial charge in [-0.1, -0.05) is 0 Å². The molecule has 3 N–H and O–H groups in total. The molecule has 0 fully saturated rings. The van der Waals surface area contributed by atoms with Crippen molar-refractivity contribution in [1.82, 2.24) is 0 Å². The molecule has 7 nitrogen and oxygen atoms in total. The van der Waals surface area contributed by atoms with Gasteiger partial charge in [-0.15, -0.1) is 0 Å². The molecule has 1 aromatic carbocycles. The van der Waals surface area contributed by atoms with Crippen LogP contribution in [0.15, 0.2) is 28.7 Å². The molecule has 1 heterocycles. The molecule has 0 amide bonds. The number of carbonyl (C=O) groups is 1. The summed E-state index contributed by atoms with van der Waals surface area (Å²) in [5.74, 6) is -0.704. The molecule has 1 aromatic heterocycles. The third-order valence-corrected chi connectivity index (χ3v) is 3.03. The van der Waals surface area contributed by atoms with Gasteiger partial charge in [0.15, 0.2) is 5.76 Å². The normalized spacial score (nSPS) is 10.3. The fourth-order valence-corrected chi connectivity index (χ4v) is 2.02. The van der Waals surface area contributed by atoms with Crippen LogP contribution in [0.5, 0.6) is 11.5 Å². The maximum atomic E-state index is 11.5. The summed E-state index contributed by atoms with van der Waals surface area (Å²) < 4.78 is 14.8. The molecule has 2 rings (SSSR count). The van der Waals surface area contributed by atoms with Gasteiger partial charge < -0.3 is 24.1 Å². The largest absolute Gasteiger partial charge is 0.508 e. The third-order valence-electron chi connectivity index (χ3n) is 3.03. The number of nitrogens with one attached hydrogen (secondary N) is 1. The SMILES string of the molecule is COC(=N)c1ccc(-c2c(O)cc(O)cc2CC(=O)OC)o1. The van der Waals surface area contributed by atoms with Crippen LogP contribution in [0.1, 0.15) is 11.3 Å². The van der Waals surface area contributed by atoms with Gasteiger partial charge in [0.2, 0.25) is 5.90 Å². The zero-order valence-corrected chi connectivity index (χ0v) is 12.0. The van der Waals surface area contributed by atoms with Gasteiger partial charge in [-0.2, -0.15) is 0 Å². The van der Waals surface area contributed by atoms with E-state index in [0.29, 0.717) is 5.56 Å². The Kier molecular flexibility index (Phi) is 4.36. The molecular weight excluding hydrogens is 290 g/mol. The minimum absolute atomic E-state index is 0.147. The van der Waals surface area contributed by atoms with Gasteiger partial charge in [-0.3, -0.25) is 10.2 Å². The van der Waals surface area contributed by atoms with E-state index in [-0.39, 0.29) is 40.9 Å². The van der Waals surface area contributed by atoms with E-state index in [1.807, 2.05) is 0 Å². The molecule has 0 saturated carbocycles. The summed E-state index contributed by atoms with van der Waals surface area (Å²) >= 11 is 0. The Hall–Kier alpha value is -2.96. The van der Waals surface area contributed by atoms with Crippen LogP contribution >= 0.6 is 0 Å². The highest BCUT2D eigenvalue weighted by molar-refractivity contribution is 5.89. The zero-order chi connectivity index (χ0) is 16.3. The average molecular weight is 305 g/mol. The van der Waals surface area contributed by atoms with E-state index < -0.39 is 5.97 Å². The number of methoxy groups -OCH3 is 2. The third kappa shape index (κ3) is 3.03. The minimum Gasteiger partial charge on any atom is -0.508 e. The lowest BCUT2D eigenvalue weighted by molar-refractivity contribution is -0.139. The van der Waals surface area contributed by atoms with Crippen molar-refractivity contribution in [2.45, 2.75) is 6.42 Å². The van der Waals surface area contributed by atoms with Gasteiger partial charge in [-0.25, -0.2) is 0 Å². The number of phenols is 2. The molecule has 0 atom stereocenters. The second-order valence-corrected chi connectivity index (χ2v) is 4.45. The summed E-state index contributed by atoms with van der Waals surface area (Å²) in [6.45, 7) is 0. The molecule has 116 valence electrons. The predicted octanol–water partition coefficient (Wildman–Crippen LogP) is 2.05. The van der Waals surface area contributed by atoms with Crippen molar-refractivity contribution in [2.24, 2.45) is 0 Å². The lowest BCUT2D eigenvalue weighted by atomic mass is 10.0. The smallest absolute Gasteiger partial charge is 0.310 e. The number of ether oxygens (including phenoxy) is 2. The maximum absolute atomic E-state index is 11.5. The van der Waals surface area contributed by atoms with Crippen LogP contribution in [-0.4, -0.2) is 36.3 Å². The predicted molar refractivity (Wildman–Crippen MR) is 77.0 cm³/mol. The Morgan fingerprint density at radius 3 is 2.59 bits per heavy atom. The highest BCUT2D eigenvalue weighted by Gasteiger charge is 2.19. The molecule has 0 spiro atoms. The highest BCUT2D eigenvalue weighted by atomic mass is 16.5. The second-order valence-electron chi connectivity index (χ2n) is 4.45. The quantitative estimate of drug-likeness (QED) is 0.452. The Morgan fingerprint density at radius 2 is 1.95 bits per heavy atom. The minimum atomic E-state index is -0.525. The molecule has 0 bridgehead atoms. The molecule has 0 aliphatic rings. The summed E-state index contributed by atoms with van der Waals surface area (Å²) in [5.41, 5.74) is 0.590. The Morgan fingerprint density at radius 1 is 1.23 bits per heavy atom. The van der Waals surface area contributed by atoms with Crippen LogP contribution in [0.3, 0.4) is 0 Å². The molecule has 22 heavy (non-hydrogen) atoms. The topological polar surface area (TPSA) is 113 Å². The Balaban J connectivity index is 2.51. The first-order chi connectivity index (χ1) is 10.5. The summed E-state index contributed by atoms with van der Waals surface area (Å²) in [6, 6.07) is 5.53. The molecule has 2 aromatic rings. The van der Waals surface area contributed by atoms with Gasteiger partial charge in [-0.05, 0) is 23.8 Å². The number of hydrogen-bond donors (Lipinski definition) is 3. The first-order valence-corrected chi connectivity index (χ1v) is 6.31. The van der Waals surface area contributed by atoms with Gasteiger partial charge in [0.05, 0.1) is 26.2 Å². The zero-order valence-electron chi connectivity index (χ0n) is 12.0. The number of hydrogen-bond acceptors (Lipinski definition) is 7. The van der Waals surface area contributed by atoms with Gasteiger partial charge in [0.1, 0.15) is 17.3 Å². The number of aromatic hydroxyl groups is 2. The standard InChI is InChI=1S/C15H15NO6/c1-20-13(19)6-8-5-9(17)7-10(18)14(8)11-3-4-12(22-11)15(16)21-2/h3-5,7,16-18H,6H2,1-2H3. The number of furan rings is 1. The number of benzene rings is 1. The monoisotopic (exact) mass is 305 g/mol. The molecule has 0 unspecified atom stereocenters. The average Bonchev–Trinajstić information content (AvgIpc) is 2.95. The van der Waals surface area contributed by atoms with Crippen LogP contribution in [0.2, 0.25) is 0 Å². The van der Waals surface area contributed by atoms with Gasteiger partial charge in [0.25, 0.3) is 0 Å². The van der Waals surface area contributed by atoms with Crippen LogP contribution < -0.4 is 0 Å². The second kappa shape index (κ2) is 6.21. The van der Waals surface area contributed by atoms with Crippen molar-refractivity contribution in [3.63, 3.8) is 0 Å². The lowest BCUT2D eigenvalue weighted by Gasteiger charge is -2.10. The number of rotatable bonds is 4. The van der Waals surface area contributed by atoms with E-state index in [0.717, 1.165) is 6.07 Å². The summed E-state index contributed by atoms with van der Waals surface area (Å²) in [4.78, 5) is 11.5. The first-order valence-electron chi connectivity index (χ1n) is 6.31. The molecule has 0 radical (unpaired) electrons. The molecule has 0 saturated heterocycles. The van der Waals surface area contributed by atoms with Crippen molar-refractivity contribution >= 4 is 11.9 Å². The molecule has 7 heteroatoms. The number of carbonyl (C=O) groups excluding carboxylic acids is 1. The summed E-state index contributed by atoms with van der Waals surface area (Å²) in [6.07, 6.45) is -0.147. The lowest BCUT2D eigenvalue weighted by Crippen LogP contribution is -2.05. The summed E-state index contributed by atoms with van der Waals surface area (Å²) in [7, 11) is 2.58. The van der Waals surface area contributed by atoms with E-state index in [4.69, 9.17) is 14.6 Å². The molecule has 0 aliphatic heterocycles. The molecular formula is C15H15NO6. The van der Waals surface area contributed by atoms with Crippen LogP contribution in [0.25, 0.3) is 11.3 Å². The summed E-state index contributed by atoms with van der Waals surface area (Å²) in [5, 5.41) is 27.2. The van der Waals surface area contributed by atoms with Crippen molar-refractivity contribution in [1.29, 1.82) is 5.41 Å². The van der Waals surface area contributed by atoms with Crippen molar-refractivity contribution in [3.05, 3.63) is 35.6 Å². The van der Waals surface area contributed by atoms with E-state index in [9.17, 15) is 15.0 Å². The fourth-order valence-electron chi connectivity index (χ4n) is 2.02. The van der Waals surface area contributed by atoms with E-state index in [1.165, 1.54) is 32.4 Å². The van der Waals surface area contributed by atoms with Gasteiger partial charge >= 0.3 is 5.97 Å². The number of phenolic OH excluding ortho intramolecular Hbond substituents is 2.